The largest absolute Gasteiger partial charge is 0.390 e. The van der Waals surface area contributed by atoms with Crippen LogP contribution in [-0.4, -0.2) is 56.9 Å². The quantitative estimate of drug-likeness (QED) is 0.617. The first-order valence-corrected chi connectivity index (χ1v) is 6.55. The van der Waals surface area contributed by atoms with Crippen molar-refractivity contribution >= 4 is 5.96 Å². The average Bonchev–Trinajstić information content (AvgIpc) is 2.75. The summed E-state index contributed by atoms with van der Waals surface area (Å²) in [5.41, 5.74) is 0. The van der Waals surface area contributed by atoms with Gasteiger partial charge in [0.25, 0.3) is 0 Å². The van der Waals surface area contributed by atoms with E-state index in [1.165, 1.54) is 0 Å². The second-order valence-electron chi connectivity index (χ2n) is 4.66. The maximum atomic E-state index is 12.1. The van der Waals surface area contributed by atoms with E-state index >= 15 is 0 Å². The summed E-state index contributed by atoms with van der Waals surface area (Å²) in [7, 11) is 1.66. The summed E-state index contributed by atoms with van der Waals surface area (Å²) >= 11 is 0. The molecular weight excluding hydrogens is 259 g/mol. The fourth-order valence-corrected chi connectivity index (χ4v) is 2.11. The van der Waals surface area contributed by atoms with E-state index in [1.807, 2.05) is 11.8 Å². The molecule has 0 spiro atoms. The van der Waals surface area contributed by atoms with Gasteiger partial charge in [-0.05, 0) is 13.3 Å². The molecule has 1 aliphatic rings. The van der Waals surface area contributed by atoms with E-state index in [0.717, 1.165) is 19.5 Å². The minimum atomic E-state index is -4.15. The summed E-state index contributed by atoms with van der Waals surface area (Å²) < 4.78 is 41.4. The summed E-state index contributed by atoms with van der Waals surface area (Å²) in [6, 6.07) is 0. The highest BCUT2D eigenvalue weighted by Crippen LogP contribution is 2.20. The molecule has 0 aromatic rings. The lowest BCUT2D eigenvalue weighted by atomic mass is 10.1. The predicted molar refractivity (Wildman–Crippen MR) is 68.2 cm³/mol. The van der Waals surface area contributed by atoms with Crippen molar-refractivity contribution in [2.24, 2.45) is 10.9 Å². The second kappa shape index (κ2) is 7.57. The van der Waals surface area contributed by atoms with Gasteiger partial charge in [0.1, 0.15) is 0 Å². The Bertz CT molecular complexity index is 294. The third-order valence-electron chi connectivity index (χ3n) is 2.98. The SMILES string of the molecule is CCNC(=NCCC(F)(F)F)N1CCC(COC)C1. The molecule has 1 fully saturated rings. The number of halogens is 3. The zero-order valence-corrected chi connectivity index (χ0v) is 11.5. The van der Waals surface area contributed by atoms with Gasteiger partial charge in [0.05, 0.1) is 19.6 Å². The van der Waals surface area contributed by atoms with E-state index < -0.39 is 12.6 Å². The van der Waals surface area contributed by atoms with Crippen molar-refractivity contribution in [3.05, 3.63) is 0 Å². The highest BCUT2D eigenvalue weighted by atomic mass is 19.4. The van der Waals surface area contributed by atoms with E-state index in [2.05, 4.69) is 10.3 Å². The smallest absolute Gasteiger partial charge is 0.384 e. The van der Waals surface area contributed by atoms with Crippen LogP contribution < -0.4 is 5.32 Å². The van der Waals surface area contributed by atoms with Gasteiger partial charge < -0.3 is 15.0 Å². The minimum absolute atomic E-state index is 0.225. The van der Waals surface area contributed by atoms with E-state index in [-0.39, 0.29) is 6.54 Å². The molecule has 1 aliphatic heterocycles. The third-order valence-corrected chi connectivity index (χ3v) is 2.98. The number of hydrogen-bond donors (Lipinski definition) is 1. The molecule has 1 unspecified atom stereocenters. The number of guanidine groups is 1. The summed E-state index contributed by atoms with van der Waals surface area (Å²) in [6.07, 6.45) is -4.04. The fraction of sp³-hybridized carbons (Fsp3) is 0.917. The number of ether oxygens (including phenoxy) is 1. The van der Waals surface area contributed by atoms with Gasteiger partial charge in [-0.15, -0.1) is 0 Å². The highest BCUT2D eigenvalue weighted by molar-refractivity contribution is 5.80. The molecule has 0 aromatic carbocycles. The molecule has 1 rings (SSSR count). The van der Waals surface area contributed by atoms with Gasteiger partial charge >= 0.3 is 6.18 Å². The van der Waals surface area contributed by atoms with E-state index in [0.29, 0.717) is 25.0 Å². The zero-order chi connectivity index (χ0) is 14.3. The number of nitrogens with one attached hydrogen (secondary N) is 1. The van der Waals surface area contributed by atoms with Gasteiger partial charge in [0.15, 0.2) is 5.96 Å². The van der Waals surface area contributed by atoms with Gasteiger partial charge in [-0.25, -0.2) is 0 Å². The number of aliphatic imine (C=N–C) groups is 1. The molecule has 0 amide bonds. The number of methoxy groups -OCH3 is 1. The Balaban J connectivity index is 2.50. The van der Waals surface area contributed by atoms with Crippen LogP contribution in [0.15, 0.2) is 4.99 Å². The van der Waals surface area contributed by atoms with Crippen LogP contribution in [-0.2, 0) is 4.74 Å². The summed E-state index contributed by atoms with van der Waals surface area (Å²) in [5, 5.41) is 3.04. The number of nitrogens with zero attached hydrogens (tertiary/aromatic N) is 2. The van der Waals surface area contributed by atoms with Crippen molar-refractivity contribution in [2.45, 2.75) is 25.9 Å². The molecule has 0 bridgehead atoms. The Labute approximate surface area is 112 Å². The monoisotopic (exact) mass is 281 g/mol. The Morgan fingerprint density at radius 2 is 2.21 bits per heavy atom. The van der Waals surface area contributed by atoms with E-state index in [9.17, 15) is 13.2 Å². The standard InChI is InChI=1S/C12H22F3N3O/c1-3-16-11(17-6-5-12(13,14)15)18-7-4-10(8-18)9-19-2/h10H,3-9H2,1-2H3,(H,16,17). The molecule has 0 radical (unpaired) electrons. The lowest BCUT2D eigenvalue weighted by Crippen LogP contribution is -2.40. The Morgan fingerprint density at radius 3 is 2.79 bits per heavy atom. The lowest BCUT2D eigenvalue weighted by molar-refractivity contribution is -0.132. The first kappa shape index (κ1) is 16.1. The maximum absolute atomic E-state index is 12.1. The number of rotatable bonds is 5. The molecule has 19 heavy (non-hydrogen) atoms. The first-order chi connectivity index (χ1) is 8.96. The van der Waals surface area contributed by atoms with Crippen molar-refractivity contribution < 1.29 is 17.9 Å². The van der Waals surface area contributed by atoms with Crippen molar-refractivity contribution in [1.29, 1.82) is 0 Å². The molecule has 1 N–H and O–H groups in total. The van der Waals surface area contributed by atoms with Crippen LogP contribution in [0.3, 0.4) is 0 Å². The van der Waals surface area contributed by atoms with Gasteiger partial charge in [-0.3, -0.25) is 4.99 Å². The molecule has 0 saturated carbocycles. The van der Waals surface area contributed by atoms with Crippen LogP contribution in [0.25, 0.3) is 0 Å². The number of hydrogen-bond acceptors (Lipinski definition) is 2. The Hall–Kier alpha value is -0.980. The summed E-state index contributed by atoms with van der Waals surface area (Å²) in [6.45, 7) is 4.60. The Kier molecular flexibility index (Phi) is 6.41. The normalized spacial score (nSPS) is 21.0. The Morgan fingerprint density at radius 1 is 1.47 bits per heavy atom. The molecule has 1 saturated heterocycles. The predicted octanol–water partition coefficient (Wildman–Crippen LogP) is 1.87. The van der Waals surface area contributed by atoms with Gasteiger partial charge in [-0.2, -0.15) is 13.2 Å². The number of alkyl halides is 3. The van der Waals surface area contributed by atoms with Crippen molar-refractivity contribution in [3.63, 3.8) is 0 Å². The fourth-order valence-electron chi connectivity index (χ4n) is 2.11. The van der Waals surface area contributed by atoms with Crippen molar-refractivity contribution in [2.75, 3.05) is 39.9 Å². The molecular formula is C12H22F3N3O. The van der Waals surface area contributed by atoms with Crippen LogP contribution in [0.2, 0.25) is 0 Å². The molecule has 0 aliphatic carbocycles. The van der Waals surface area contributed by atoms with Crippen LogP contribution in [0.5, 0.6) is 0 Å². The van der Waals surface area contributed by atoms with Gasteiger partial charge in [0, 0.05) is 32.7 Å². The van der Waals surface area contributed by atoms with Crippen LogP contribution in [0.4, 0.5) is 13.2 Å². The zero-order valence-electron chi connectivity index (χ0n) is 11.5. The van der Waals surface area contributed by atoms with Crippen LogP contribution in [0, 0.1) is 5.92 Å². The topological polar surface area (TPSA) is 36.9 Å². The third kappa shape index (κ3) is 6.13. The van der Waals surface area contributed by atoms with E-state index in [4.69, 9.17) is 4.74 Å². The van der Waals surface area contributed by atoms with Crippen molar-refractivity contribution in [1.82, 2.24) is 10.2 Å². The lowest BCUT2D eigenvalue weighted by Gasteiger charge is -2.21. The summed E-state index contributed by atoms with van der Waals surface area (Å²) in [4.78, 5) is 6.05. The molecule has 1 heterocycles. The van der Waals surface area contributed by atoms with Crippen LogP contribution >= 0.6 is 0 Å². The highest BCUT2D eigenvalue weighted by Gasteiger charge is 2.27. The van der Waals surface area contributed by atoms with Gasteiger partial charge in [-0.1, -0.05) is 0 Å². The maximum Gasteiger partial charge on any atom is 0.390 e. The number of likely N-dealkylation sites (tertiary alicyclic amines) is 1. The minimum Gasteiger partial charge on any atom is -0.384 e. The van der Waals surface area contributed by atoms with E-state index in [1.54, 1.807) is 7.11 Å². The first-order valence-electron chi connectivity index (χ1n) is 6.55. The summed E-state index contributed by atoms with van der Waals surface area (Å²) in [5.74, 6) is 1.00. The molecule has 7 heteroatoms. The molecule has 1 atom stereocenters. The molecule has 0 aromatic heterocycles. The molecule has 4 nitrogen and oxygen atoms in total. The average molecular weight is 281 g/mol. The van der Waals surface area contributed by atoms with Crippen LogP contribution in [0.1, 0.15) is 19.8 Å². The van der Waals surface area contributed by atoms with Gasteiger partial charge in [0.2, 0.25) is 0 Å². The molecule has 112 valence electrons. The van der Waals surface area contributed by atoms with Crippen molar-refractivity contribution in [3.8, 4) is 0 Å². The second-order valence-corrected chi connectivity index (χ2v) is 4.66.